The lowest BCUT2D eigenvalue weighted by Gasteiger charge is -2.02. The van der Waals surface area contributed by atoms with E-state index in [1.54, 1.807) is 30.3 Å². The van der Waals surface area contributed by atoms with Crippen molar-refractivity contribution in [3.63, 3.8) is 0 Å². The molecule has 0 aliphatic rings. The van der Waals surface area contributed by atoms with Crippen LogP contribution >= 0.6 is 0 Å². The molecule has 0 saturated carbocycles. The first-order chi connectivity index (χ1) is 6.25. The van der Waals surface area contributed by atoms with E-state index in [9.17, 15) is 4.79 Å². The number of benzene rings is 1. The monoisotopic (exact) mass is 179 g/mol. The quantitative estimate of drug-likeness (QED) is 0.310. The minimum atomic E-state index is -1.38. The minimum Gasteiger partial charge on any atom is -0.411 e. The van der Waals surface area contributed by atoms with Crippen LogP contribution in [0.1, 0.15) is 10.4 Å². The molecule has 2 N–H and O–H groups in total. The lowest BCUT2D eigenvalue weighted by molar-refractivity contribution is 0.0845. The zero-order valence-electron chi connectivity index (χ0n) is 6.79. The van der Waals surface area contributed by atoms with E-state index in [0.29, 0.717) is 5.56 Å². The van der Waals surface area contributed by atoms with Crippen molar-refractivity contribution in [3.05, 3.63) is 35.9 Å². The fraction of sp³-hybridized carbons (Fsp3) is 0.111. The maximum atomic E-state index is 11.3. The molecule has 0 radical (unpaired) electrons. The molecule has 0 fully saturated rings. The highest BCUT2D eigenvalue weighted by Gasteiger charge is 2.14. The molecule has 0 bridgehead atoms. The molecule has 1 atom stereocenters. The number of carbonyl (C=O) groups excluding carboxylic acids is 1. The van der Waals surface area contributed by atoms with Crippen molar-refractivity contribution < 1.29 is 15.1 Å². The van der Waals surface area contributed by atoms with E-state index >= 15 is 0 Å². The molecule has 0 aromatic heterocycles. The zero-order chi connectivity index (χ0) is 9.68. The topological polar surface area (TPSA) is 69.9 Å². The van der Waals surface area contributed by atoms with Gasteiger partial charge in [-0.3, -0.25) is 4.79 Å². The molecule has 4 heteroatoms. The predicted octanol–water partition coefficient (Wildman–Crippen LogP) is 0.690. The molecule has 0 spiro atoms. The smallest absolute Gasteiger partial charge is 0.196 e. The van der Waals surface area contributed by atoms with Crippen LogP contribution in [0.5, 0.6) is 0 Å². The van der Waals surface area contributed by atoms with E-state index in [1.807, 2.05) is 0 Å². The molecule has 68 valence electrons. The number of Topliss-reactive ketones (excluding diaryl/α,β-unsaturated/α-hetero) is 1. The first-order valence-electron chi connectivity index (χ1n) is 3.70. The Morgan fingerprint density at radius 2 is 2.00 bits per heavy atom. The second kappa shape index (κ2) is 4.37. The summed E-state index contributed by atoms with van der Waals surface area (Å²) in [5.41, 5.74) is 0.384. The van der Waals surface area contributed by atoms with Crippen LogP contribution < -0.4 is 0 Å². The Labute approximate surface area is 75.1 Å². The average Bonchev–Trinajstić information content (AvgIpc) is 2.18. The van der Waals surface area contributed by atoms with Gasteiger partial charge in [-0.05, 0) is 0 Å². The van der Waals surface area contributed by atoms with Crippen LogP contribution in [-0.4, -0.2) is 28.4 Å². The van der Waals surface area contributed by atoms with E-state index in [4.69, 9.17) is 10.3 Å². The number of aliphatic hydroxyl groups is 1. The summed E-state index contributed by atoms with van der Waals surface area (Å²) < 4.78 is 0. The van der Waals surface area contributed by atoms with E-state index in [2.05, 4.69) is 5.16 Å². The molecule has 0 amide bonds. The van der Waals surface area contributed by atoms with E-state index < -0.39 is 11.9 Å². The average molecular weight is 179 g/mol. The van der Waals surface area contributed by atoms with E-state index in [-0.39, 0.29) is 0 Å². The summed E-state index contributed by atoms with van der Waals surface area (Å²) in [5, 5.41) is 19.8. The summed E-state index contributed by atoms with van der Waals surface area (Å²) in [7, 11) is 0. The second-order valence-electron chi connectivity index (χ2n) is 2.44. The fourth-order valence-corrected chi connectivity index (χ4v) is 0.904. The van der Waals surface area contributed by atoms with Gasteiger partial charge in [-0.15, -0.1) is 0 Å². The summed E-state index contributed by atoms with van der Waals surface area (Å²) in [6.07, 6.45) is -0.609. The van der Waals surface area contributed by atoms with Crippen LogP contribution in [0.25, 0.3) is 0 Å². The summed E-state index contributed by atoms with van der Waals surface area (Å²) in [4.78, 5) is 11.3. The third-order valence-electron chi connectivity index (χ3n) is 1.53. The van der Waals surface area contributed by atoms with Crippen molar-refractivity contribution in [2.75, 3.05) is 0 Å². The van der Waals surface area contributed by atoms with Gasteiger partial charge in [0, 0.05) is 5.56 Å². The maximum absolute atomic E-state index is 11.3. The number of nitrogens with zero attached hydrogens (tertiary/aromatic N) is 1. The molecule has 0 saturated heterocycles. The predicted molar refractivity (Wildman–Crippen MR) is 47.1 cm³/mol. The number of carbonyl (C=O) groups is 1. The van der Waals surface area contributed by atoms with Gasteiger partial charge in [-0.2, -0.15) is 0 Å². The molecule has 0 aliphatic carbocycles. The van der Waals surface area contributed by atoms with Crippen LogP contribution in [0.15, 0.2) is 35.5 Å². The van der Waals surface area contributed by atoms with Crippen LogP contribution in [0.4, 0.5) is 0 Å². The van der Waals surface area contributed by atoms with Crippen molar-refractivity contribution in [1.29, 1.82) is 0 Å². The van der Waals surface area contributed by atoms with Gasteiger partial charge in [0.05, 0.1) is 6.21 Å². The first-order valence-corrected chi connectivity index (χ1v) is 3.70. The molecule has 4 nitrogen and oxygen atoms in total. The standard InChI is InChI=1S/C9H9NO3/c11-8(6-10-13)9(12)7-4-2-1-3-5-7/h1-6,8,11,13H. The number of oxime groups is 1. The van der Waals surface area contributed by atoms with Gasteiger partial charge >= 0.3 is 0 Å². The third-order valence-corrected chi connectivity index (χ3v) is 1.53. The van der Waals surface area contributed by atoms with Crippen molar-refractivity contribution in [3.8, 4) is 0 Å². The molecule has 0 aliphatic heterocycles. The Bertz CT molecular complexity index is 308. The molecule has 1 rings (SSSR count). The van der Waals surface area contributed by atoms with Gasteiger partial charge in [-0.1, -0.05) is 35.5 Å². The van der Waals surface area contributed by atoms with E-state index in [0.717, 1.165) is 6.21 Å². The molecule has 1 aromatic rings. The van der Waals surface area contributed by atoms with E-state index in [1.165, 1.54) is 0 Å². The number of aliphatic hydroxyl groups excluding tert-OH is 1. The molecule has 1 unspecified atom stereocenters. The van der Waals surface area contributed by atoms with Crippen molar-refractivity contribution >= 4 is 12.0 Å². The van der Waals surface area contributed by atoms with Crippen molar-refractivity contribution in [2.24, 2.45) is 5.16 Å². The van der Waals surface area contributed by atoms with Crippen molar-refractivity contribution in [2.45, 2.75) is 6.10 Å². The summed E-state index contributed by atoms with van der Waals surface area (Å²) in [5.74, 6) is -0.488. The molecule has 1 aromatic carbocycles. The zero-order valence-corrected chi connectivity index (χ0v) is 6.79. The fourth-order valence-electron chi connectivity index (χ4n) is 0.904. The Kier molecular flexibility index (Phi) is 3.16. The SMILES string of the molecule is O=C(c1ccccc1)C(O)C=NO. The normalized spacial score (nSPS) is 13.0. The number of hydrogen-bond acceptors (Lipinski definition) is 4. The van der Waals surface area contributed by atoms with Crippen LogP contribution in [-0.2, 0) is 0 Å². The van der Waals surface area contributed by atoms with Crippen molar-refractivity contribution in [1.82, 2.24) is 0 Å². The van der Waals surface area contributed by atoms with Gasteiger partial charge < -0.3 is 10.3 Å². The summed E-state index contributed by atoms with van der Waals surface area (Å²) >= 11 is 0. The Morgan fingerprint density at radius 1 is 1.38 bits per heavy atom. The number of hydrogen-bond donors (Lipinski definition) is 2. The van der Waals surface area contributed by atoms with Gasteiger partial charge in [0.25, 0.3) is 0 Å². The Balaban J connectivity index is 2.80. The molecular formula is C9H9NO3. The highest BCUT2D eigenvalue weighted by atomic mass is 16.4. The highest BCUT2D eigenvalue weighted by molar-refractivity contribution is 6.08. The largest absolute Gasteiger partial charge is 0.411 e. The maximum Gasteiger partial charge on any atom is 0.196 e. The van der Waals surface area contributed by atoms with Gasteiger partial charge in [0.2, 0.25) is 0 Å². The van der Waals surface area contributed by atoms with Gasteiger partial charge in [0.1, 0.15) is 0 Å². The first kappa shape index (κ1) is 9.41. The summed E-state index contributed by atoms with van der Waals surface area (Å²) in [6.45, 7) is 0. The van der Waals surface area contributed by atoms with Crippen LogP contribution in [0.3, 0.4) is 0 Å². The second-order valence-corrected chi connectivity index (χ2v) is 2.44. The molecular weight excluding hydrogens is 170 g/mol. The third kappa shape index (κ3) is 2.38. The van der Waals surface area contributed by atoms with Crippen LogP contribution in [0.2, 0.25) is 0 Å². The number of ketones is 1. The van der Waals surface area contributed by atoms with Gasteiger partial charge in [0.15, 0.2) is 11.9 Å². The Morgan fingerprint density at radius 3 is 2.54 bits per heavy atom. The number of rotatable bonds is 3. The minimum absolute atomic E-state index is 0.384. The lowest BCUT2D eigenvalue weighted by Crippen LogP contribution is -2.21. The molecule has 0 heterocycles. The Hall–Kier alpha value is -1.68. The molecule has 13 heavy (non-hydrogen) atoms. The van der Waals surface area contributed by atoms with Crippen LogP contribution in [0, 0.1) is 0 Å². The lowest BCUT2D eigenvalue weighted by atomic mass is 10.1. The summed E-state index contributed by atoms with van der Waals surface area (Å²) in [6, 6.07) is 8.31. The van der Waals surface area contributed by atoms with Gasteiger partial charge in [-0.25, -0.2) is 0 Å². The highest BCUT2D eigenvalue weighted by Crippen LogP contribution is 2.02.